The molecule has 1 unspecified atom stereocenters. The highest BCUT2D eigenvalue weighted by molar-refractivity contribution is 7.87. The summed E-state index contributed by atoms with van der Waals surface area (Å²) >= 11 is 0. The number of hydroxylamine groups is 2. The molecule has 1 saturated heterocycles. The number of carbonyl (C=O) groups excluding carboxylic acids is 3. The van der Waals surface area contributed by atoms with Crippen molar-refractivity contribution in [2.45, 2.75) is 90.7 Å². The summed E-state index contributed by atoms with van der Waals surface area (Å²) in [7, 11) is -24.8. The number of rotatable bonds is 36. The molecule has 0 bridgehead atoms. The minimum atomic E-state index is -5.41. The van der Waals surface area contributed by atoms with E-state index in [1.807, 2.05) is 4.58 Å². The molecule has 3 heterocycles. The highest BCUT2D eigenvalue weighted by atomic mass is 32.2. The van der Waals surface area contributed by atoms with Crippen LogP contribution in [0.1, 0.15) is 71.4 Å². The summed E-state index contributed by atoms with van der Waals surface area (Å²) in [5.74, 6) is -2.72. The number of anilines is 1. The lowest BCUT2D eigenvalue weighted by molar-refractivity contribution is -0.442. The molecule has 0 radical (unpaired) electrons. The Morgan fingerprint density at radius 1 is 0.587 bits per heavy atom. The van der Waals surface area contributed by atoms with Crippen LogP contribution in [-0.2, 0) is 114 Å². The predicted molar refractivity (Wildman–Crippen MR) is 323 cm³/mol. The molecule has 3 aliphatic heterocycles. The summed E-state index contributed by atoms with van der Waals surface area (Å²) in [6.45, 7) is 7.84. The molecule has 0 aromatic heterocycles. The molecule has 0 N–H and O–H groups in total. The van der Waals surface area contributed by atoms with Gasteiger partial charge in [-0.3, -0.25) is 9.59 Å². The molecule has 508 valence electrons. The largest absolute Gasteiger partial charge is 0.748 e. The number of imide groups is 1. The molecule has 1 atom stereocenters. The molecule has 2 amide bonds. The van der Waals surface area contributed by atoms with E-state index in [0.717, 1.165) is 12.1 Å². The maximum Gasteiger partial charge on any atom is 0.335 e. The summed E-state index contributed by atoms with van der Waals surface area (Å²) in [5, 5.41) is 0.0104. The lowest BCUT2D eigenvalue weighted by Crippen LogP contribution is -2.32. The minimum absolute atomic E-state index is 0. The zero-order chi connectivity index (χ0) is 66.7. The van der Waals surface area contributed by atoms with Crippen molar-refractivity contribution in [2.75, 3.05) is 117 Å². The van der Waals surface area contributed by atoms with Crippen molar-refractivity contribution in [3.63, 3.8) is 0 Å². The zero-order valence-corrected chi connectivity index (χ0v) is 53.9. The number of hydrogen-bond acceptors (Lipinski definition) is 27. The second kappa shape index (κ2) is 31.5. The van der Waals surface area contributed by atoms with Crippen molar-refractivity contribution in [1.82, 2.24) is 5.06 Å². The third-order valence-corrected chi connectivity index (χ3v) is 19.2. The third kappa shape index (κ3) is 18.7. The standard InChI is InChI=1S/C57H71N3O26S5.CH4/c1-56(2)49(9-6-5-7-10-50-57(3,18-8-34-87(64,65)66)55-44-36-40(89(70,71)72)38-48(91(76,77)78)42(44)12-14-46(55)59(50)19-22-79-4)58(45-13-11-41-43(54(45)56)35-39(88(67,68)69)37-47(41)90(73,74)75)20-23-81-25-27-83-29-31-85-33-32-84-30-28-82-26-24-80-21-17-53(63)86-60-51(61)15-16-52(60)62;/h5-7,9-14,35-38H,8,15-34H2,1-4H3,(H4-,64,65,66,67,68,69,70,71,72,73,74,75,76,77,78);1H4/p-4. The van der Waals surface area contributed by atoms with E-state index in [2.05, 4.69) is 0 Å². The van der Waals surface area contributed by atoms with Crippen LogP contribution in [0, 0.1) is 0 Å². The quantitative estimate of drug-likeness (QED) is 0.0207. The Morgan fingerprint density at radius 3 is 1.54 bits per heavy atom. The van der Waals surface area contributed by atoms with E-state index >= 15 is 0 Å². The van der Waals surface area contributed by atoms with Crippen LogP contribution in [0.5, 0.6) is 0 Å². The van der Waals surface area contributed by atoms with Crippen LogP contribution >= 0.6 is 0 Å². The monoisotopic (exact) mass is 1390 g/mol. The summed E-state index contributed by atoms with van der Waals surface area (Å²) in [5.41, 5.74) is -0.160. The molecule has 34 heteroatoms. The predicted octanol–water partition coefficient (Wildman–Crippen LogP) is 3.46. The lowest BCUT2D eigenvalue weighted by Gasteiger charge is -2.31. The van der Waals surface area contributed by atoms with Gasteiger partial charge in [0.1, 0.15) is 47.1 Å². The van der Waals surface area contributed by atoms with E-state index in [4.69, 9.17) is 38.0 Å². The highest BCUT2D eigenvalue weighted by Crippen LogP contribution is 2.54. The van der Waals surface area contributed by atoms with E-state index in [-0.39, 0.29) is 166 Å². The molecular formula is C58H71N3O26S5-4. The molecular weight excluding hydrogens is 1310 g/mol. The Balaban J connectivity index is 0.0000134. The normalized spacial score (nSPS) is 17.6. The van der Waals surface area contributed by atoms with Crippen molar-refractivity contribution >= 4 is 107 Å². The molecule has 0 aliphatic carbocycles. The smallest absolute Gasteiger partial charge is 0.335 e. The fourth-order valence-electron chi connectivity index (χ4n) is 11.0. The Bertz CT molecular complexity index is 4110. The number of allylic oxidation sites excluding steroid dienone is 6. The second-order valence-electron chi connectivity index (χ2n) is 21.5. The van der Waals surface area contributed by atoms with Crippen LogP contribution in [0.4, 0.5) is 11.4 Å². The first kappa shape index (κ1) is 75.0. The Kier molecular flexibility index (Phi) is 25.7. The van der Waals surface area contributed by atoms with Gasteiger partial charge in [0, 0.05) is 72.1 Å². The molecule has 1 fully saturated rings. The molecule has 3 aliphatic rings. The van der Waals surface area contributed by atoms with Crippen LogP contribution < -0.4 is 4.90 Å². The average Bonchev–Trinajstić information content (AvgIpc) is 1.48. The van der Waals surface area contributed by atoms with Crippen LogP contribution in [-0.4, -0.2) is 210 Å². The van der Waals surface area contributed by atoms with Crippen LogP contribution in [0.3, 0.4) is 0 Å². The van der Waals surface area contributed by atoms with Gasteiger partial charge in [-0.2, -0.15) is 4.58 Å². The van der Waals surface area contributed by atoms with Crippen molar-refractivity contribution in [3.05, 3.63) is 95.7 Å². The van der Waals surface area contributed by atoms with Crippen molar-refractivity contribution < 1.29 is 122 Å². The molecule has 92 heavy (non-hydrogen) atoms. The van der Waals surface area contributed by atoms with Gasteiger partial charge in [-0.05, 0) is 97.8 Å². The van der Waals surface area contributed by atoms with Crippen LogP contribution in [0.2, 0.25) is 0 Å². The van der Waals surface area contributed by atoms with E-state index in [1.165, 1.54) is 25.3 Å². The number of carbonyl (C=O) groups is 3. The number of amides is 2. The van der Waals surface area contributed by atoms with Gasteiger partial charge in [-0.25, -0.2) is 46.9 Å². The van der Waals surface area contributed by atoms with Gasteiger partial charge in [-0.15, -0.1) is 5.06 Å². The van der Waals surface area contributed by atoms with Gasteiger partial charge in [0.25, 0.3) is 11.8 Å². The first-order valence-corrected chi connectivity index (χ1v) is 35.4. The molecule has 0 spiro atoms. The number of hydrogen-bond donors (Lipinski definition) is 0. The number of benzene rings is 4. The number of fused-ring (bicyclic) bond motifs is 6. The van der Waals surface area contributed by atoms with Gasteiger partial charge in [0.05, 0.1) is 121 Å². The van der Waals surface area contributed by atoms with E-state index in [9.17, 15) is 79.2 Å². The first-order chi connectivity index (χ1) is 42.7. The average molecular weight is 1390 g/mol. The SMILES string of the molecule is C.COCCN1C(=CC=CC=CC2=[N+](CCOCCOCCOCCOCCOCCOCCC(=O)ON3C(=O)CCC3=O)c3ccc4c(S(=O)(=O)[O-])cc(S(=O)(=O)[O-])cc4c3C2(C)C)C(C)(CCCS(=O)(=O)[O-])c2c1ccc1c(S(=O)(=O)[O-])cc(S(=O)(=O)[O-])cc21. The number of methoxy groups -OCH3 is 1. The lowest BCUT2D eigenvalue weighted by atomic mass is 9.75. The molecule has 4 aromatic rings. The number of nitrogens with zero attached hydrogens (tertiary/aromatic N) is 3. The minimum Gasteiger partial charge on any atom is -0.748 e. The fraction of sp³-hybridized carbons (Fsp3) is 0.483. The van der Waals surface area contributed by atoms with E-state index < -0.39 is 105 Å². The molecule has 7 rings (SSSR count). The Hall–Kier alpha value is -6.03. The van der Waals surface area contributed by atoms with Gasteiger partial charge < -0.3 is 65.7 Å². The van der Waals surface area contributed by atoms with Crippen molar-refractivity contribution in [3.8, 4) is 0 Å². The topological polar surface area (TPSA) is 421 Å². The van der Waals surface area contributed by atoms with E-state index in [1.54, 1.807) is 62.1 Å². The number of ether oxygens (including phenoxy) is 7. The van der Waals surface area contributed by atoms with Crippen molar-refractivity contribution in [1.29, 1.82) is 0 Å². The van der Waals surface area contributed by atoms with Gasteiger partial charge in [0.15, 0.2) is 12.3 Å². The van der Waals surface area contributed by atoms with Crippen molar-refractivity contribution in [2.24, 2.45) is 0 Å². The maximum atomic E-state index is 12.6. The maximum absolute atomic E-state index is 12.6. The van der Waals surface area contributed by atoms with Crippen LogP contribution in [0.15, 0.2) is 104 Å². The van der Waals surface area contributed by atoms with Gasteiger partial charge in [0.2, 0.25) is 5.69 Å². The molecule has 29 nitrogen and oxygen atoms in total. The summed E-state index contributed by atoms with van der Waals surface area (Å²) in [4.78, 5) is 37.6. The van der Waals surface area contributed by atoms with Crippen LogP contribution in [0.25, 0.3) is 21.5 Å². The third-order valence-electron chi connectivity index (χ3n) is 15.0. The second-order valence-corrected chi connectivity index (χ2v) is 28.5. The molecule has 4 aromatic carbocycles. The molecule has 0 saturated carbocycles. The summed E-state index contributed by atoms with van der Waals surface area (Å²) < 4.78 is 227. The van der Waals surface area contributed by atoms with E-state index in [0.29, 0.717) is 45.5 Å². The highest BCUT2D eigenvalue weighted by Gasteiger charge is 2.47. The summed E-state index contributed by atoms with van der Waals surface area (Å²) in [6.07, 6.45) is 7.64. The van der Waals surface area contributed by atoms with Gasteiger partial charge in [-0.1, -0.05) is 31.7 Å². The Labute approximate surface area is 534 Å². The van der Waals surface area contributed by atoms with Gasteiger partial charge >= 0.3 is 5.97 Å². The zero-order valence-electron chi connectivity index (χ0n) is 49.9. The first-order valence-electron chi connectivity index (χ1n) is 28.2. The fourth-order valence-corrected chi connectivity index (χ4v) is 14.2. The Morgan fingerprint density at radius 2 is 1.07 bits per heavy atom. The summed E-state index contributed by atoms with van der Waals surface area (Å²) in [6, 6.07) is 8.64.